The minimum atomic E-state index is -0.943. The van der Waals surface area contributed by atoms with Crippen LogP contribution < -0.4 is 20.1 Å². The van der Waals surface area contributed by atoms with Crippen molar-refractivity contribution in [3.8, 4) is 11.5 Å². The fourth-order valence-corrected chi connectivity index (χ4v) is 3.81. The molecule has 2 amide bonds. The average Bonchev–Trinajstić information content (AvgIpc) is 3.33. The molecule has 2 aromatic rings. The van der Waals surface area contributed by atoms with Crippen molar-refractivity contribution in [3.63, 3.8) is 0 Å². The first-order valence-corrected chi connectivity index (χ1v) is 11.4. The molecule has 2 aromatic carbocycles. The van der Waals surface area contributed by atoms with Gasteiger partial charge in [-0.25, -0.2) is 0 Å². The van der Waals surface area contributed by atoms with Gasteiger partial charge < -0.3 is 29.6 Å². The molecule has 0 bridgehead atoms. The summed E-state index contributed by atoms with van der Waals surface area (Å²) in [5, 5.41) is 5.40. The van der Waals surface area contributed by atoms with Crippen LogP contribution in [0.4, 0.5) is 0 Å². The standard InChI is InChI=1S/C25H28N2O7/c28-23(25(30)26-14-17-8-9-21-22(13-17)34-16-33-21)20-7-3-4-10-31-11-12-32-15-18-5-1-2-6-19(18)24(29)27-20/h1-2,5-6,8-9,13,20H,3-4,7,10-12,14-16H2,(H,26,30)(H,27,29). The van der Waals surface area contributed by atoms with Gasteiger partial charge in [0.15, 0.2) is 11.5 Å². The van der Waals surface area contributed by atoms with Gasteiger partial charge in [-0.3, -0.25) is 14.4 Å². The topological polar surface area (TPSA) is 112 Å². The molecule has 2 aliphatic heterocycles. The summed E-state index contributed by atoms with van der Waals surface area (Å²) in [7, 11) is 0. The summed E-state index contributed by atoms with van der Waals surface area (Å²) in [5.74, 6) is -0.605. The number of benzene rings is 2. The molecule has 0 saturated heterocycles. The Morgan fingerprint density at radius 2 is 1.79 bits per heavy atom. The number of hydrogen-bond acceptors (Lipinski definition) is 7. The maximum Gasteiger partial charge on any atom is 0.289 e. The van der Waals surface area contributed by atoms with Gasteiger partial charge in [0, 0.05) is 18.7 Å². The lowest BCUT2D eigenvalue weighted by atomic mass is 10.0. The lowest BCUT2D eigenvalue weighted by molar-refractivity contribution is -0.139. The minimum absolute atomic E-state index is 0.149. The lowest BCUT2D eigenvalue weighted by Crippen LogP contribution is -2.47. The number of carbonyl (C=O) groups excluding carboxylic acids is 3. The van der Waals surface area contributed by atoms with Crippen LogP contribution in [-0.4, -0.2) is 50.3 Å². The van der Waals surface area contributed by atoms with Crippen molar-refractivity contribution in [2.45, 2.75) is 38.5 Å². The van der Waals surface area contributed by atoms with Crippen molar-refractivity contribution in [1.82, 2.24) is 10.6 Å². The zero-order valence-corrected chi connectivity index (χ0v) is 18.8. The predicted octanol–water partition coefficient (Wildman–Crippen LogP) is 2.12. The van der Waals surface area contributed by atoms with E-state index in [0.717, 1.165) is 5.56 Å². The number of nitrogens with one attached hydrogen (secondary N) is 2. The molecule has 0 aliphatic carbocycles. The van der Waals surface area contributed by atoms with Crippen molar-refractivity contribution in [1.29, 1.82) is 0 Å². The second kappa shape index (κ2) is 11.6. The van der Waals surface area contributed by atoms with Crippen LogP contribution in [0, 0.1) is 0 Å². The Balaban J connectivity index is 1.42. The monoisotopic (exact) mass is 468 g/mol. The van der Waals surface area contributed by atoms with Crippen LogP contribution in [-0.2, 0) is 32.2 Å². The first-order valence-electron chi connectivity index (χ1n) is 11.4. The normalized spacial score (nSPS) is 18.8. The Kier molecular flexibility index (Phi) is 8.11. The molecule has 9 nitrogen and oxygen atoms in total. The Morgan fingerprint density at radius 1 is 0.971 bits per heavy atom. The van der Waals surface area contributed by atoms with Gasteiger partial charge in [-0.2, -0.15) is 0 Å². The van der Waals surface area contributed by atoms with E-state index in [-0.39, 0.29) is 19.9 Å². The summed E-state index contributed by atoms with van der Waals surface area (Å²) < 4.78 is 21.8. The van der Waals surface area contributed by atoms with E-state index in [1.165, 1.54) is 0 Å². The third-order valence-electron chi connectivity index (χ3n) is 5.66. The Bertz CT molecular complexity index is 1040. The summed E-state index contributed by atoms with van der Waals surface area (Å²) in [6.45, 7) is 1.97. The zero-order valence-electron chi connectivity index (χ0n) is 18.8. The molecule has 4 rings (SSSR count). The molecule has 2 aliphatic rings. The van der Waals surface area contributed by atoms with E-state index in [1.54, 1.807) is 36.4 Å². The van der Waals surface area contributed by atoms with Gasteiger partial charge in [0.05, 0.1) is 25.9 Å². The molecular weight excluding hydrogens is 440 g/mol. The molecule has 34 heavy (non-hydrogen) atoms. The van der Waals surface area contributed by atoms with E-state index in [2.05, 4.69) is 10.6 Å². The quantitative estimate of drug-likeness (QED) is 0.661. The number of amides is 2. The number of hydrogen-bond donors (Lipinski definition) is 2. The third-order valence-corrected chi connectivity index (χ3v) is 5.66. The SMILES string of the molecule is O=C(NCc1ccc2c(c1)OCO2)C(=O)C1CCCCOCCOCc2ccccc2C(=O)N1. The van der Waals surface area contributed by atoms with Crippen molar-refractivity contribution in [2.24, 2.45) is 0 Å². The van der Waals surface area contributed by atoms with E-state index in [4.69, 9.17) is 18.9 Å². The van der Waals surface area contributed by atoms with E-state index >= 15 is 0 Å². The summed E-state index contributed by atoms with van der Waals surface area (Å²) in [4.78, 5) is 38.6. The van der Waals surface area contributed by atoms with Gasteiger partial charge in [-0.05, 0) is 48.6 Å². The molecule has 2 N–H and O–H groups in total. The zero-order chi connectivity index (χ0) is 23.8. The van der Waals surface area contributed by atoms with Crippen LogP contribution in [0.3, 0.4) is 0 Å². The molecule has 0 saturated carbocycles. The lowest BCUT2D eigenvalue weighted by Gasteiger charge is -2.19. The summed E-state index contributed by atoms with van der Waals surface area (Å²) in [6, 6.07) is 11.4. The molecule has 1 unspecified atom stereocenters. The number of Topliss-reactive ketones (excluding diaryl/α,β-unsaturated/α-hetero) is 1. The molecule has 0 aromatic heterocycles. The van der Waals surface area contributed by atoms with Crippen LogP contribution in [0.1, 0.15) is 40.7 Å². The van der Waals surface area contributed by atoms with Crippen molar-refractivity contribution in [2.75, 3.05) is 26.6 Å². The fraction of sp³-hybridized carbons (Fsp3) is 0.400. The maximum atomic E-state index is 13.0. The maximum absolute atomic E-state index is 13.0. The van der Waals surface area contributed by atoms with Gasteiger partial charge in [0.1, 0.15) is 0 Å². The fourth-order valence-electron chi connectivity index (χ4n) is 3.81. The highest BCUT2D eigenvalue weighted by Gasteiger charge is 2.27. The molecule has 0 fully saturated rings. The summed E-state index contributed by atoms with van der Waals surface area (Å²) in [6.07, 6.45) is 1.66. The highest BCUT2D eigenvalue weighted by atomic mass is 16.7. The first-order chi connectivity index (χ1) is 16.6. The largest absolute Gasteiger partial charge is 0.454 e. The molecule has 2 heterocycles. The highest BCUT2D eigenvalue weighted by Crippen LogP contribution is 2.32. The van der Waals surface area contributed by atoms with Crippen molar-refractivity contribution < 1.29 is 33.3 Å². The number of rotatable bonds is 4. The smallest absolute Gasteiger partial charge is 0.289 e. The first kappa shape index (κ1) is 23.7. The molecule has 0 radical (unpaired) electrons. The number of fused-ring (bicyclic) bond motifs is 2. The molecule has 1 atom stereocenters. The Labute approximate surface area is 197 Å². The predicted molar refractivity (Wildman–Crippen MR) is 121 cm³/mol. The molecule has 0 spiro atoms. The van der Waals surface area contributed by atoms with Crippen LogP contribution in [0.15, 0.2) is 42.5 Å². The van der Waals surface area contributed by atoms with E-state index in [9.17, 15) is 14.4 Å². The number of ether oxygens (including phenoxy) is 4. The van der Waals surface area contributed by atoms with E-state index in [0.29, 0.717) is 61.7 Å². The molecule has 180 valence electrons. The minimum Gasteiger partial charge on any atom is -0.454 e. The van der Waals surface area contributed by atoms with Gasteiger partial charge in [-0.15, -0.1) is 0 Å². The van der Waals surface area contributed by atoms with E-state index in [1.807, 2.05) is 6.07 Å². The van der Waals surface area contributed by atoms with E-state index < -0.39 is 23.6 Å². The van der Waals surface area contributed by atoms with Crippen LogP contribution in [0.5, 0.6) is 11.5 Å². The summed E-state index contributed by atoms with van der Waals surface area (Å²) >= 11 is 0. The molecule has 9 heteroatoms. The second-order valence-corrected chi connectivity index (χ2v) is 8.08. The third kappa shape index (κ3) is 6.12. The second-order valence-electron chi connectivity index (χ2n) is 8.08. The van der Waals surface area contributed by atoms with Crippen LogP contribution in [0.2, 0.25) is 0 Å². The molecular formula is C25H28N2O7. The van der Waals surface area contributed by atoms with Crippen molar-refractivity contribution in [3.05, 3.63) is 59.2 Å². The highest BCUT2D eigenvalue weighted by molar-refractivity contribution is 6.38. The van der Waals surface area contributed by atoms with Gasteiger partial charge in [0.2, 0.25) is 12.6 Å². The van der Waals surface area contributed by atoms with Gasteiger partial charge in [0.25, 0.3) is 11.8 Å². The Morgan fingerprint density at radius 3 is 2.71 bits per heavy atom. The number of ketones is 1. The van der Waals surface area contributed by atoms with Crippen molar-refractivity contribution >= 4 is 17.6 Å². The van der Waals surface area contributed by atoms with Crippen LogP contribution >= 0.6 is 0 Å². The number of carbonyl (C=O) groups is 3. The average molecular weight is 469 g/mol. The van der Waals surface area contributed by atoms with Crippen LogP contribution in [0.25, 0.3) is 0 Å². The Hall–Kier alpha value is -3.43. The van der Waals surface area contributed by atoms with Gasteiger partial charge >= 0.3 is 0 Å². The van der Waals surface area contributed by atoms with Gasteiger partial charge in [-0.1, -0.05) is 24.3 Å². The summed E-state index contributed by atoms with van der Waals surface area (Å²) in [5.41, 5.74) is 1.89.